The van der Waals surface area contributed by atoms with Gasteiger partial charge in [0.2, 0.25) is 0 Å². The molecule has 1 aliphatic heterocycles. The average Bonchev–Trinajstić information content (AvgIpc) is 2.78. The van der Waals surface area contributed by atoms with Crippen molar-refractivity contribution in [1.82, 2.24) is 0 Å². The van der Waals surface area contributed by atoms with Crippen LogP contribution in [0.5, 0.6) is 5.75 Å². The highest BCUT2D eigenvalue weighted by Crippen LogP contribution is 2.43. The van der Waals surface area contributed by atoms with Crippen molar-refractivity contribution < 1.29 is 9.53 Å². The molecule has 0 aromatic heterocycles. The third-order valence-corrected chi connectivity index (χ3v) is 3.68. The van der Waals surface area contributed by atoms with Gasteiger partial charge in [0.1, 0.15) is 5.75 Å². The van der Waals surface area contributed by atoms with E-state index in [1.807, 2.05) is 6.07 Å². The maximum absolute atomic E-state index is 12.2. The minimum atomic E-state index is 0.187. The van der Waals surface area contributed by atoms with Crippen LogP contribution in [0.1, 0.15) is 29.3 Å². The summed E-state index contributed by atoms with van der Waals surface area (Å²) in [6.45, 7) is 2.77. The van der Waals surface area contributed by atoms with E-state index in [9.17, 15) is 4.79 Å². The number of rotatable bonds is 2. The van der Waals surface area contributed by atoms with Crippen molar-refractivity contribution in [2.24, 2.45) is 11.8 Å². The third kappa shape index (κ3) is 1.52. The van der Waals surface area contributed by atoms with Gasteiger partial charge in [-0.1, -0.05) is 18.5 Å². The van der Waals surface area contributed by atoms with Crippen LogP contribution in [0.2, 0.25) is 5.02 Å². The maximum atomic E-state index is 12.2. The number of hydrogen-bond acceptors (Lipinski definition) is 2. The van der Waals surface area contributed by atoms with E-state index < -0.39 is 0 Å². The summed E-state index contributed by atoms with van der Waals surface area (Å²) in [6.07, 6.45) is 1.86. The molecule has 0 N–H and O–H groups in total. The van der Waals surface area contributed by atoms with Crippen molar-refractivity contribution in [3.05, 3.63) is 28.3 Å². The Kier molecular flexibility index (Phi) is 2.21. The monoisotopic (exact) mass is 236 g/mol. The van der Waals surface area contributed by atoms with Crippen molar-refractivity contribution >= 4 is 17.4 Å². The van der Waals surface area contributed by atoms with E-state index in [1.165, 1.54) is 0 Å². The van der Waals surface area contributed by atoms with Crippen molar-refractivity contribution in [3.63, 3.8) is 0 Å². The lowest BCUT2D eigenvalue weighted by molar-refractivity contribution is 0.0959. The highest BCUT2D eigenvalue weighted by atomic mass is 35.5. The Labute approximate surface area is 99.6 Å². The summed E-state index contributed by atoms with van der Waals surface area (Å²) < 4.78 is 5.54. The Morgan fingerprint density at radius 1 is 1.50 bits per heavy atom. The molecule has 16 heavy (non-hydrogen) atoms. The van der Waals surface area contributed by atoms with Gasteiger partial charge in [-0.05, 0) is 30.0 Å². The van der Waals surface area contributed by atoms with Crippen molar-refractivity contribution in [3.8, 4) is 5.75 Å². The molecule has 2 aliphatic rings. The average molecular weight is 237 g/mol. The lowest BCUT2D eigenvalue weighted by Gasteiger charge is -2.07. The Bertz CT molecular complexity index is 467. The molecule has 1 fully saturated rings. The Morgan fingerprint density at radius 2 is 2.25 bits per heavy atom. The quantitative estimate of drug-likeness (QED) is 0.738. The lowest BCUT2D eigenvalue weighted by Crippen LogP contribution is -2.05. The number of halogens is 1. The number of ketones is 1. The number of carbonyl (C=O) groups excluding carboxylic acids is 1. The van der Waals surface area contributed by atoms with Crippen molar-refractivity contribution in [2.45, 2.75) is 19.8 Å². The molecule has 0 bridgehead atoms. The number of carbonyl (C=O) groups is 1. The minimum Gasteiger partial charge on any atom is -0.492 e. The molecular weight excluding hydrogens is 224 g/mol. The van der Waals surface area contributed by atoms with E-state index in [0.29, 0.717) is 23.1 Å². The molecule has 1 heterocycles. The fourth-order valence-electron chi connectivity index (χ4n) is 2.34. The summed E-state index contributed by atoms with van der Waals surface area (Å²) >= 11 is 6.03. The number of fused-ring (bicyclic) bond motifs is 1. The maximum Gasteiger partial charge on any atom is 0.170 e. The van der Waals surface area contributed by atoms with Gasteiger partial charge in [0.25, 0.3) is 0 Å². The second-order valence-electron chi connectivity index (χ2n) is 4.72. The normalized spacial score (nSPS) is 26.1. The van der Waals surface area contributed by atoms with Crippen LogP contribution in [-0.4, -0.2) is 12.4 Å². The molecule has 1 aromatic rings. The topological polar surface area (TPSA) is 26.3 Å². The van der Waals surface area contributed by atoms with Gasteiger partial charge >= 0.3 is 0 Å². The lowest BCUT2D eigenvalue weighted by atomic mass is 10.0. The van der Waals surface area contributed by atoms with Crippen LogP contribution in [-0.2, 0) is 6.42 Å². The molecule has 84 valence electrons. The fourth-order valence-corrected chi connectivity index (χ4v) is 2.58. The highest BCUT2D eigenvalue weighted by Gasteiger charge is 2.41. The Hall–Kier alpha value is -1.02. The molecule has 0 saturated heterocycles. The Morgan fingerprint density at radius 3 is 2.94 bits per heavy atom. The van der Waals surface area contributed by atoms with E-state index in [1.54, 1.807) is 6.07 Å². The molecule has 2 atom stereocenters. The smallest absolute Gasteiger partial charge is 0.170 e. The first-order valence-corrected chi connectivity index (χ1v) is 6.04. The minimum absolute atomic E-state index is 0.187. The van der Waals surface area contributed by atoms with E-state index in [-0.39, 0.29) is 11.7 Å². The van der Waals surface area contributed by atoms with Crippen LogP contribution < -0.4 is 4.74 Å². The number of ether oxygens (including phenoxy) is 1. The van der Waals surface area contributed by atoms with Crippen LogP contribution in [0.25, 0.3) is 0 Å². The van der Waals surface area contributed by atoms with Gasteiger partial charge in [0.15, 0.2) is 5.78 Å². The molecule has 3 heteroatoms. The second kappa shape index (κ2) is 3.49. The zero-order valence-electron chi connectivity index (χ0n) is 9.13. The zero-order chi connectivity index (χ0) is 11.3. The molecule has 3 rings (SSSR count). The van der Waals surface area contributed by atoms with Gasteiger partial charge in [-0.2, -0.15) is 0 Å². The van der Waals surface area contributed by atoms with Crippen LogP contribution in [0.3, 0.4) is 0 Å². The SMILES string of the molecule is CC1CC1C(=O)c1cc(Cl)cc2c1OCC2. The van der Waals surface area contributed by atoms with Gasteiger partial charge in [-0.15, -0.1) is 0 Å². The Balaban J connectivity index is 2.03. The van der Waals surface area contributed by atoms with Crippen molar-refractivity contribution in [1.29, 1.82) is 0 Å². The molecule has 1 aromatic carbocycles. The van der Waals surface area contributed by atoms with Gasteiger partial charge in [0, 0.05) is 17.4 Å². The van der Waals surface area contributed by atoms with Gasteiger partial charge < -0.3 is 4.74 Å². The highest BCUT2D eigenvalue weighted by molar-refractivity contribution is 6.31. The molecule has 1 aliphatic carbocycles. The predicted octanol–water partition coefficient (Wildman–Crippen LogP) is 3.11. The van der Waals surface area contributed by atoms with Gasteiger partial charge in [-0.3, -0.25) is 4.79 Å². The summed E-state index contributed by atoms with van der Waals surface area (Å²) in [5.74, 6) is 1.68. The van der Waals surface area contributed by atoms with Crippen LogP contribution in [0.4, 0.5) is 0 Å². The predicted molar refractivity (Wildman–Crippen MR) is 62.3 cm³/mol. The molecule has 2 unspecified atom stereocenters. The van der Waals surface area contributed by atoms with Crippen LogP contribution in [0.15, 0.2) is 12.1 Å². The first-order valence-electron chi connectivity index (χ1n) is 5.66. The molecule has 0 amide bonds. The van der Waals surface area contributed by atoms with E-state index in [2.05, 4.69) is 6.92 Å². The summed E-state index contributed by atoms with van der Waals surface area (Å²) in [6, 6.07) is 3.65. The summed E-state index contributed by atoms with van der Waals surface area (Å²) in [5.41, 5.74) is 1.76. The number of benzene rings is 1. The summed E-state index contributed by atoms with van der Waals surface area (Å²) in [7, 11) is 0. The van der Waals surface area contributed by atoms with E-state index >= 15 is 0 Å². The molecule has 0 radical (unpaired) electrons. The number of hydrogen-bond donors (Lipinski definition) is 0. The van der Waals surface area contributed by atoms with E-state index in [4.69, 9.17) is 16.3 Å². The van der Waals surface area contributed by atoms with Gasteiger partial charge in [0.05, 0.1) is 12.2 Å². The standard InChI is InChI=1S/C13H13ClO2/c1-7-4-10(7)12(15)11-6-9(14)5-8-2-3-16-13(8)11/h5-7,10H,2-4H2,1H3. The van der Waals surface area contributed by atoms with E-state index in [0.717, 1.165) is 24.2 Å². The first kappa shape index (κ1) is 10.2. The molecule has 1 saturated carbocycles. The van der Waals surface area contributed by atoms with Crippen LogP contribution in [0, 0.1) is 11.8 Å². The number of Topliss-reactive ketones (excluding diaryl/α,β-unsaturated/α-hetero) is 1. The summed E-state index contributed by atoms with van der Waals surface area (Å²) in [4.78, 5) is 12.2. The second-order valence-corrected chi connectivity index (χ2v) is 5.16. The third-order valence-electron chi connectivity index (χ3n) is 3.46. The largest absolute Gasteiger partial charge is 0.492 e. The van der Waals surface area contributed by atoms with Crippen molar-refractivity contribution in [2.75, 3.05) is 6.61 Å². The molecule has 2 nitrogen and oxygen atoms in total. The molecule has 0 spiro atoms. The molecular formula is C13H13ClO2. The zero-order valence-corrected chi connectivity index (χ0v) is 9.88. The van der Waals surface area contributed by atoms with Crippen LogP contribution >= 0.6 is 11.6 Å². The fraction of sp³-hybridized carbons (Fsp3) is 0.462. The van der Waals surface area contributed by atoms with Gasteiger partial charge in [-0.25, -0.2) is 0 Å². The first-order chi connectivity index (χ1) is 7.66. The summed E-state index contributed by atoms with van der Waals surface area (Å²) in [5, 5.41) is 0.640.